The zero-order valence-electron chi connectivity index (χ0n) is 14.5. The van der Waals surface area contributed by atoms with Crippen LogP contribution in [0.2, 0.25) is 0 Å². The molecule has 3 fully saturated rings. The number of urea groups is 1. The molecule has 8 heteroatoms. The van der Waals surface area contributed by atoms with Crippen LogP contribution in [0, 0.1) is 11.7 Å². The Balaban J connectivity index is 1.48. The van der Waals surface area contributed by atoms with Crippen molar-refractivity contribution in [2.45, 2.75) is 18.9 Å². The summed E-state index contributed by atoms with van der Waals surface area (Å²) in [6.07, 6.45) is 3.22. The summed E-state index contributed by atoms with van der Waals surface area (Å²) in [7, 11) is 0. The minimum atomic E-state index is -0.365. The highest BCUT2D eigenvalue weighted by molar-refractivity contribution is 5.91. The van der Waals surface area contributed by atoms with E-state index in [1.54, 1.807) is 23.2 Å². The summed E-state index contributed by atoms with van der Waals surface area (Å²) in [5.74, 6) is 0.107. The molecule has 1 aromatic heterocycles. The number of hydrogen-bond acceptors (Lipinski definition) is 4. The number of nitrogens with zero attached hydrogens (tertiary/aromatic N) is 2. The Morgan fingerprint density at radius 3 is 2.81 bits per heavy atom. The molecule has 2 bridgehead atoms. The summed E-state index contributed by atoms with van der Waals surface area (Å²) in [5.41, 5.74) is 0.405. The smallest absolute Gasteiger partial charge is 0.322 e. The summed E-state index contributed by atoms with van der Waals surface area (Å²) < 4.78 is 18.7. The van der Waals surface area contributed by atoms with Gasteiger partial charge in [-0.25, -0.2) is 14.2 Å². The first-order valence-corrected chi connectivity index (χ1v) is 8.83. The largest absolute Gasteiger partial charge is 0.437 e. The number of nitrogens with one attached hydrogen (secondary N) is 2. The maximum atomic E-state index is 13.0. The van der Waals surface area contributed by atoms with Crippen LogP contribution in [-0.2, 0) is 4.79 Å². The zero-order chi connectivity index (χ0) is 18.8. The van der Waals surface area contributed by atoms with E-state index < -0.39 is 0 Å². The van der Waals surface area contributed by atoms with Gasteiger partial charge in [0, 0.05) is 25.3 Å². The van der Waals surface area contributed by atoms with E-state index in [1.807, 2.05) is 0 Å². The lowest BCUT2D eigenvalue weighted by molar-refractivity contribution is -0.126. The molecular weight excluding hydrogens is 351 g/mol. The van der Waals surface area contributed by atoms with Gasteiger partial charge in [0.25, 0.3) is 0 Å². The molecule has 140 valence electrons. The lowest BCUT2D eigenvalue weighted by Gasteiger charge is -2.23. The number of piperidine rings is 1. The Morgan fingerprint density at radius 1 is 1.22 bits per heavy atom. The number of fused-ring (bicyclic) bond motifs is 4. The monoisotopic (exact) mass is 370 g/mol. The Labute approximate surface area is 155 Å². The van der Waals surface area contributed by atoms with Crippen LogP contribution in [0.1, 0.15) is 12.8 Å². The van der Waals surface area contributed by atoms with Crippen molar-refractivity contribution in [3.63, 3.8) is 0 Å². The van der Waals surface area contributed by atoms with Crippen molar-refractivity contribution in [3.05, 3.63) is 48.4 Å². The topological polar surface area (TPSA) is 83.6 Å². The second-order valence-electron chi connectivity index (χ2n) is 6.73. The molecule has 3 aliphatic heterocycles. The van der Waals surface area contributed by atoms with E-state index in [4.69, 9.17) is 4.74 Å². The zero-order valence-corrected chi connectivity index (χ0v) is 14.5. The average Bonchev–Trinajstić information content (AvgIpc) is 2.96. The third-order valence-corrected chi connectivity index (χ3v) is 4.79. The van der Waals surface area contributed by atoms with Crippen molar-refractivity contribution >= 4 is 17.6 Å². The first-order valence-electron chi connectivity index (χ1n) is 8.83. The van der Waals surface area contributed by atoms with Crippen molar-refractivity contribution in [3.8, 4) is 11.6 Å². The minimum Gasteiger partial charge on any atom is -0.437 e. The van der Waals surface area contributed by atoms with Gasteiger partial charge >= 0.3 is 6.03 Å². The van der Waals surface area contributed by atoms with Gasteiger partial charge < -0.3 is 20.3 Å². The fourth-order valence-corrected chi connectivity index (χ4v) is 3.38. The first-order chi connectivity index (χ1) is 13.1. The van der Waals surface area contributed by atoms with E-state index in [-0.39, 0.29) is 35.6 Å². The van der Waals surface area contributed by atoms with Gasteiger partial charge in [-0.15, -0.1) is 0 Å². The van der Waals surface area contributed by atoms with Gasteiger partial charge in [-0.1, -0.05) is 0 Å². The molecule has 0 saturated carbocycles. The van der Waals surface area contributed by atoms with E-state index in [0.29, 0.717) is 24.5 Å². The van der Waals surface area contributed by atoms with Crippen LogP contribution in [0.3, 0.4) is 0 Å². The van der Waals surface area contributed by atoms with Crippen LogP contribution >= 0.6 is 0 Å². The Bertz CT molecular complexity index is 858. The Morgan fingerprint density at radius 2 is 2.04 bits per heavy atom. The van der Waals surface area contributed by atoms with Gasteiger partial charge in [-0.2, -0.15) is 0 Å². The average molecular weight is 370 g/mol. The molecule has 2 aromatic rings. The molecule has 2 N–H and O–H groups in total. The minimum absolute atomic E-state index is 0.00849. The van der Waals surface area contributed by atoms with E-state index >= 15 is 0 Å². The molecule has 5 rings (SSSR count). The van der Waals surface area contributed by atoms with Gasteiger partial charge in [-0.3, -0.25) is 4.79 Å². The standard InChI is InChI=1S/C19H19FN4O3/c20-13-4-7-15(8-5-13)27-18-16(2-1-9-21-18)23-19(26)24-10-12-3-6-14(11-24)22-17(12)25/h1-2,4-5,7-9,12,14H,3,6,10-11H2,(H,22,25)(H,23,26)/t12-,14+/m0/s1. The summed E-state index contributed by atoms with van der Waals surface area (Å²) in [4.78, 5) is 30.5. The summed E-state index contributed by atoms with van der Waals surface area (Å²) in [5, 5.41) is 5.76. The third-order valence-electron chi connectivity index (χ3n) is 4.79. The number of anilines is 1. The number of aromatic nitrogens is 1. The number of ether oxygens (including phenoxy) is 1. The molecule has 3 amide bonds. The van der Waals surface area contributed by atoms with Gasteiger partial charge in [0.15, 0.2) is 0 Å². The van der Waals surface area contributed by atoms with Crippen molar-refractivity contribution in [2.75, 3.05) is 18.4 Å². The van der Waals surface area contributed by atoms with E-state index in [0.717, 1.165) is 12.8 Å². The maximum absolute atomic E-state index is 13.0. The molecule has 27 heavy (non-hydrogen) atoms. The number of halogens is 1. The van der Waals surface area contributed by atoms with Crippen LogP contribution in [0.5, 0.6) is 11.6 Å². The second kappa shape index (κ2) is 7.22. The molecule has 0 aliphatic carbocycles. The highest BCUT2D eigenvalue weighted by Gasteiger charge is 2.36. The van der Waals surface area contributed by atoms with Crippen molar-refractivity contribution in [1.82, 2.24) is 15.2 Å². The predicted molar refractivity (Wildman–Crippen MR) is 96.0 cm³/mol. The highest BCUT2D eigenvalue weighted by Crippen LogP contribution is 2.28. The van der Waals surface area contributed by atoms with Gasteiger partial charge in [0.1, 0.15) is 17.3 Å². The number of hydrogen-bond donors (Lipinski definition) is 2. The van der Waals surface area contributed by atoms with Crippen molar-refractivity contribution in [2.24, 2.45) is 5.92 Å². The van der Waals surface area contributed by atoms with Gasteiger partial charge in [0.2, 0.25) is 11.8 Å². The summed E-state index contributed by atoms with van der Waals surface area (Å²) >= 11 is 0. The number of carbonyl (C=O) groups excluding carboxylic acids is 2. The predicted octanol–water partition coefficient (Wildman–Crippen LogP) is 2.76. The highest BCUT2D eigenvalue weighted by atomic mass is 19.1. The maximum Gasteiger partial charge on any atom is 0.322 e. The number of pyridine rings is 1. The molecule has 1 aromatic carbocycles. The third kappa shape index (κ3) is 3.84. The molecule has 3 aliphatic rings. The summed E-state index contributed by atoms with van der Waals surface area (Å²) in [6, 6.07) is 8.59. The number of benzene rings is 1. The van der Waals surface area contributed by atoms with Crippen LogP contribution in [0.15, 0.2) is 42.6 Å². The second-order valence-corrected chi connectivity index (χ2v) is 6.73. The molecule has 0 radical (unpaired) electrons. The number of carbonyl (C=O) groups is 2. The van der Waals surface area contributed by atoms with E-state index in [2.05, 4.69) is 15.6 Å². The molecule has 7 nitrogen and oxygen atoms in total. The lowest BCUT2D eigenvalue weighted by Crippen LogP contribution is -2.44. The van der Waals surface area contributed by atoms with Gasteiger partial charge in [-0.05, 0) is 49.2 Å². The fourth-order valence-electron chi connectivity index (χ4n) is 3.38. The molecule has 0 unspecified atom stereocenters. The van der Waals surface area contributed by atoms with Crippen LogP contribution in [0.25, 0.3) is 0 Å². The molecular formula is C19H19FN4O3. The van der Waals surface area contributed by atoms with Crippen LogP contribution < -0.4 is 15.4 Å². The lowest BCUT2D eigenvalue weighted by atomic mass is 9.96. The van der Waals surface area contributed by atoms with Crippen LogP contribution in [0.4, 0.5) is 14.9 Å². The van der Waals surface area contributed by atoms with E-state index in [9.17, 15) is 14.0 Å². The fraction of sp³-hybridized carbons (Fsp3) is 0.316. The Hall–Kier alpha value is -3.16. The molecule has 0 spiro atoms. The first kappa shape index (κ1) is 17.3. The number of amides is 3. The van der Waals surface area contributed by atoms with Crippen LogP contribution in [-0.4, -0.2) is 41.0 Å². The summed E-state index contributed by atoms with van der Waals surface area (Å²) in [6.45, 7) is 0.866. The van der Waals surface area contributed by atoms with Crippen molar-refractivity contribution < 1.29 is 18.7 Å². The Kier molecular flexibility index (Phi) is 4.62. The SMILES string of the molecule is O=C1N[C@@H]2CC[C@H]1CN(C(=O)Nc1cccnc1Oc1ccc(F)cc1)C2. The van der Waals surface area contributed by atoms with Crippen molar-refractivity contribution in [1.29, 1.82) is 0 Å². The van der Waals surface area contributed by atoms with Gasteiger partial charge in [0.05, 0.1) is 5.92 Å². The number of rotatable bonds is 3. The molecule has 3 saturated heterocycles. The quantitative estimate of drug-likeness (QED) is 0.870. The molecule has 2 atom stereocenters. The van der Waals surface area contributed by atoms with E-state index in [1.165, 1.54) is 24.3 Å². The normalized spacial score (nSPS) is 21.4. The molecule has 4 heterocycles.